The molecule has 0 radical (unpaired) electrons. The minimum Gasteiger partial charge on any atom is -0.355 e. The Morgan fingerprint density at radius 3 is 1.96 bits per heavy atom. The summed E-state index contributed by atoms with van der Waals surface area (Å²) in [6.07, 6.45) is 0.389. The topological polar surface area (TPSA) is 169 Å². The van der Waals surface area contributed by atoms with Crippen LogP contribution in [0.25, 0.3) is 0 Å². The fourth-order valence-electron chi connectivity index (χ4n) is 5.42. The van der Waals surface area contributed by atoms with Gasteiger partial charge in [0.25, 0.3) is 11.8 Å². The molecule has 0 aliphatic rings. The summed E-state index contributed by atoms with van der Waals surface area (Å²) in [6.45, 7) is 9.57. The van der Waals surface area contributed by atoms with Crippen molar-refractivity contribution in [3.63, 3.8) is 0 Å². The lowest BCUT2D eigenvalue weighted by Crippen LogP contribution is -2.55. The first-order valence-electron chi connectivity index (χ1n) is 17.5. The zero-order chi connectivity index (χ0) is 39.5. The number of likely N-dealkylation sites (N-methyl/N-ethyl adjacent to an activating group) is 1. The Balaban J connectivity index is 1.92. The standard InChI is InChI=1S/C38H52ClN7O6S/c1-9-40-38(50)34(24(2)3)44-35(47)26(5)41-23-32(18-27-14-11-10-12-15-27)43-37(49)30-19-29(21-33(22-30)46(8)53(51,52)45(6)7)36(48)42-25(4)28-16-13-17-31(39)20-28/h10-17,19-22,24-26,32,34,41H,9,18,23H2,1-8H3,(H,40,50)(H,42,48)(H,43,49)(H,44,47)/t25-,26+,32+,34+/m1/s1. The molecule has 0 spiro atoms. The van der Waals surface area contributed by atoms with Crippen LogP contribution in [0, 0.1) is 5.92 Å². The predicted octanol–water partition coefficient (Wildman–Crippen LogP) is 3.67. The molecular weight excluding hydrogens is 718 g/mol. The van der Waals surface area contributed by atoms with Crippen molar-refractivity contribution >= 4 is 51.1 Å². The third-order valence-corrected chi connectivity index (χ3v) is 10.7. The lowest BCUT2D eigenvalue weighted by molar-refractivity contribution is -0.130. The van der Waals surface area contributed by atoms with Gasteiger partial charge in [-0.3, -0.25) is 23.5 Å². The molecule has 3 aromatic rings. The van der Waals surface area contributed by atoms with E-state index in [2.05, 4.69) is 26.6 Å². The minimum absolute atomic E-state index is 0.0504. The molecule has 53 heavy (non-hydrogen) atoms. The molecule has 5 N–H and O–H groups in total. The van der Waals surface area contributed by atoms with Gasteiger partial charge in [0.1, 0.15) is 6.04 Å². The van der Waals surface area contributed by atoms with Gasteiger partial charge in [0.2, 0.25) is 11.8 Å². The first kappa shape index (κ1) is 42.9. The van der Waals surface area contributed by atoms with Crippen LogP contribution in [-0.4, -0.2) is 88.7 Å². The highest BCUT2D eigenvalue weighted by molar-refractivity contribution is 7.90. The summed E-state index contributed by atoms with van der Waals surface area (Å²) in [4.78, 5) is 53.3. The molecule has 0 fully saturated rings. The molecule has 0 aliphatic carbocycles. The van der Waals surface area contributed by atoms with Crippen LogP contribution in [0.15, 0.2) is 72.8 Å². The fourth-order valence-corrected chi connectivity index (χ4v) is 6.48. The molecule has 3 rings (SSSR count). The molecule has 0 heterocycles. The number of nitrogens with zero attached hydrogens (tertiary/aromatic N) is 2. The second-order valence-electron chi connectivity index (χ2n) is 13.4. The number of rotatable bonds is 18. The number of anilines is 1. The first-order chi connectivity index (χ1) is 24.9. The SMILES string of the molecule is CCNC(=O)[C@@H](NC(=O)[C@H](C)NC[C@H](Cc1ccccc1)NC(=O)c1cc(C(=O)N[C@H](C)c2cccc(Cl)c2)cc(N(C)S(=O)(=O)N(C)C)c1)C(C)C. The van der Waals surface area contributed by atoms with Crippen LogP contribution in [0.1, 0.15) is 72.5 Å². The Morgan fingerprint density at radius 2 is 1.40 bits per heavy atom. The maximum Gasteiger partial charge on any atom is 0.303 e. The molecule has 13 nitrogen and oxygen atoms in total. The average molecular weight is 770 g/mol. The van der Waals surface area contributed by atoms with Crippen LogP contribution >= 0.6 is 11.6 Å². The minimum atomic E-state index is -3.98. The second kappa shape index (κ2) is 19.5. The van der Waals surface area contributed by atoms with Crippen molar-refractivity contribution in [1.29, 1.82) is 0 Å². The third-order valence-electron chi connectivity index (χ3n) is 8.63. The van der Waals surface area contributed by atoms with Gasteiger partial charge in [-0.25, -0.2) is 0 Å². The number of hydrogen-bond acceptors (Lipinski definition) is 7. The van der Waals surface area contributed by atoms with E-state index >= 15 is 0 Å². The quantitative estimate of drug-likeness (QED) is 0.132. The Labute approximate surface area is 318 Å². The van der Waals surface area contributed by atoms with E-state index in [1.807, 2.05) is 50.2 Å². The summed E-state index contributed by atoms with van der Waals surface area (Å²) in [6, 6.07) is 18.3. The summed E-state index contributed by atoms with van der Waals surface area (Å²) < 4.78 is 28.3. The summed E-state index contributed by atoms with van der Waals surface area (Å²) >= 11 is 6.16. The number of benzene rings is 3. The molecular formula is C38H52ClN7O6S. The number of carbonyl (C=O) groups is 4. The molecule has 0 aliphatic heterocycles. The maximum absolute atomic E-state index is 14.0. The van der Waals surface area contributed by atoms with Crippen molar-refractivity contribution in [2.45, 2.75) is 65.2 Å². The Hall–Kier alpha value is -4.50. The molecule has 0 unspecified atom stereocenters. The van der Waals surface area contributed by atoms with Gasteiger partial charge in [0.15, 0.2) is 0 Å². The largest absolute Gasteiger partial charge is 0.355 e. The number of amides is 4. The molecule has 288 valence electrons. The Kier molecular flexibility index (Phi) is 15.8. The van der Waals surface area contributed by atoms with E-state index in [9.17, 15) is 27.6 Å². The van der Waals surface area contributed by atoms with Crippen molar-refractivity contribution < 1.29 is 27.6 Å². The van der Waals surface area contributed by atoms with Gasteiger partial charge >= 0.3 is 10.2 Å². The van der Waals surface area contributed by atoms with Crippen LogP contribution in [0.5, 0.6) is 0 Å². The zero-order valence-electron chi connectivity index (χ0n) is 31.6. The summed E-state index contributed by atoms with van der Waals surface area (Å²) in [5.74, 6) is -1.87. The van der Waals surface area contributed by atoms with Crippen LogP contribution < -0.4 is 30.9 Å². The van der Waals surface area contributed by atoms with Crippen molar-refractivity contribution in [2.75, 3.05) is 38.5 Å². The molecule has 0 bridgehead atoms. The van der Waals surface area contributed by atoms with Gasteiger partial charge in [-0.15, -0.1) is 0 Å². The third kappa shape index (κ3) is 12.3. The molecule has 3 aromatic carbocycles. The van der Waals surface area contributed by atoms with Crippen molar-refractivity contribution in [3.05, 3.63) is 100 Å². The van der Waals surface area contributed by atoms with Gasteiger partial charge in [-0.1, -0.05) is 67.9 Å². The van der Waals surface area contributed by atoms with E-state index in [-0.39, 0.29) is 41.1 Å². The molecule has 0 saturated carbocycles. The Bertz CT molecular complexity index is 1840. The monoisotopic (exact) mass is 769 g/mol. The zero-order valence-corrected chi connectivity index (χ0v) is 33.1. The lowest BCUT2D eigenvalue weighted by Gasteiger charge is -2.26. The predicted molar refractivity (Wildman–Crippen MR) is 209 cm³/mol. The van der Waals surface area contributed by atoms with Crippen LogP contribution in [0.2, 0.25) is 5.02 Å². The number of carbonyl (C=O) groups excluding carboxylic acids is 4. The van der Waals surface area contributed by atoms with Crippen molar-refractivity contribution in [2.24, 2.45) is 5.92 Å². The summed E-state index contributed by atoms with van der Waals surface area (Å²) in [5, 5.41) is 15.2. The van der Waals surface area contributed by atoms with Crippen molar-refractivity contribution in [1.82, 2.24) is 30.9 Å². The fraction of sp³-hybridized carbons (Fsp3) is 0.421. The summed E-state index contributed by atoms with van der Waals surface area (Å²) in [5.41, 5.74) is 1.90. The van der Waals surface area contributed by atoms with Gasteiger partial charge < -0.3 is 26.6 Å². The van der Waals surface area contributed by atoms with Gasteiger partial charge in [0, 0.05) is 56.4 Å². The Morgan fingerprint density at radius 1 is 0.774 bits per heavy atom. The number of halogens is 1. The maximum atomic E-state index is 14.0. The first-order valence-corrected chi connectivity index (χ1v) is 19.3. The molecule has 0 aromatic heterocycles. The van der Waals surface area contributed by atoms with Gasteiger partial charge in [-0.05, 0) is 74.6 Å². The highest BCUT2D eigenvalue weighted by atomic mass is 35.5. The van der Waals surface area contributed by atoms with E-state index in [0.717, 1.165) is 19.7 Å². The highest BCUT2D eigenvalue weighted by Gasteiger charge is 2.28. The van der Waals surface area contributed by atoms with Crippen molar-refractivity contribution in [3.8, 4) is 0 Å². The van der Waals surface area contributed by atoms with Gasteiger partial charge in [0.05, 0.1) is 17.8 Å². The average Bonchev–Trinajstić information content (AvgIpc) is 3.12. The normalized spacial score (nSPS) is 13.8. The van der Waals surface area contributed by atoms with E-state index < -0.39 is 46.2 Å². The van der Waals surface area contributed by atoms with E-state index in [0.29, 0.717) is 18.0 Å². The van der Waals surface area contributed by atoms with Crippen LogP contribution in [-0.2, 0) is 26.2 Å². The summed E-state index contributed by atoms with van der Waals surface area (Å²) in [7, 11) is 0.123. The van der Waals surface area contributed by atoms with Gasteiger partial charge in [-0.2, -0.15) is 12.7 Å². The lowest BCUT2D eigenvalue weighted by atomic mass is 10.0. The van der Waals surface area contributed by atoms with Crippen LogP contribution in [0.4, 0.5) is 5.69 Å². The van der Waals surface area contributed by atoms with Crippen LogP contribution in [0.3, 0.4) is 0 Å². The smallest absolute Gasteiger partial charge is 0.303 e. The van der Waals surface area contributed by atoms with E-state index in [1.54, 1.807) is 39.0 Å². The second-order valence-corrected chi connectivity index (χ2v) is 16.0. The number of nitrogens with one attached hydrogen (secondary N) is 5. The molecule has 15 heteroatoms. The van der Waals surface area contributed by atoms with E-state index in [1.165, 1.54) is 39.3 Å². The molecule has 4 atom stereocenters. The van der Waals surface area contributed by atoms with E-state index in [4.69, 9.17) is 11.6 Å². The molecule has 0 saturated heterocycles. The highest BCUT2D eigenvalue weighted by Crippen LogP contribution is 2.24. The number of hydrogen-bond donors (Lipinski definition) is 5. The molecule has 4 amide bonds.